The quantitative estimate of drug-likeness (QED) is 0.751. The topological polar surface area (TPSA) is 104 Å². The number of benzene rings is 1. The minimum absolute atomic E-state index is 0.125. The van der Waals surface area contributed by atoms with Crippen LogP contribution >= 0.6 is 0 Å². The van der Waals surface area contributed by atoms with Crippen LogP contribution in [0.5, 0.6) is 0 Å². The third kappa shape index (κ3) is 2.23. The van der Waals surface area contributed by atoms with Gasteiger partial charge in [0.25, 0.3) is 5.91 Å². The second kappa shape index (κ2) is 4.93. The van der Waals surface area contributed by atoms with Crippen molar-refractivity contribution in [3.8, 4) is 0 Å². The van der Waals surface area contributed by atoms with E-state index in [-0.39, 0.29) is 19.1 Å². The fourth-order valence-electron chi connectivity index (χ4n) is 2.27. The highest BCUT2D eigenvalue weighted by Gasteiger charge is 2.35. The molecule has 2 unspecified atom stereocenters. The summed E-state index contributed by atoms with van der Waals surface area (Å²) in [6, 6.07) is 4.65. The van der Waals surface area contributed by atoms with Gasteiger partial charge >= 0.3 is 5.97 Å². The fraction of sp³-hybridized carbons (Fsp3) is 0.308. The van der Waals surface area contributed by atoms with Gasteiger partial charge in [0.1, 0.15) is 5.92 Å². The number of fused-ring (bicyclic) bond motifs is 1. The van der Waals surface area contributed by atoms with Gasteiger partial charge in [0, 0.05) is 10.9 Å². The predicted octanol–water partition coefficient (Wildman–Crippen LogP) is 0.392. The van der Waals surface area contributed by atoms with Crippen LogP contribution in [0, 0.1) is 5.92 Å². The number of amides is 1. The van der Waals surface area contributed by atoms with E-state index < -0.39 is 17.9 Å². The number of rotatable bonds is 3. The van der Waals surface area contributed by atoms with Crippen molar-refractivity contribution in [2.45, 2.75) is 6.04 Å². The average molecular weight is 275 g/mol. The van der Waals surface area contributed by atoms with Gasteiger partial charge in [-0.2, -0.15) is 5.10 Å². The number of carboxylic acid groups (broad SMARTS) is 1. The molecule has 20 heavy (non-hydrogen) atoms. The lowest BCUT2D eigenvalue weighted by atomic mass is 10.0. The molecule has 1 saturated heterocycles. The molecule has 2 heterocycles. The number of ether oxygens (including phenoxy) is 1. The van der Waals surface area contributed by atoms with Gasteiger partial charge in [-0.05, 0) is 12.1 Å². The Balaban J connectivity index is 1.77. The van der Waals surface area contributed by atoms with Crippen LogP contribution < -0.4 is 5.32 Å². The van der Waals surface area contributed by atoms with E-state index in [0.717, 1.165) is 10.9 Å². The first-order chi connectivity index (χ1) is 9.65. The standard InChI is InChI=1S/C13H13N3O4/c17-12(15-11-6-20-5-9(11)13(18)19)7-1-2-8-4-14-16-10(8)3-7/h1-4,9,11H,5-6H2,(H,14,16)(H,15,17)(H,18,19). The maximum absolute atomic E-state index is 12.1. The first kappa shape index (κ1) is 12.6. The van der Waals surface area contributed by atoms with E-state index in [1.807, 2.05) is 0 Å². The number of hydrogen-bond donors (Lipinski definition) is 3. The molecule has 7 nitrogen and oxygen atoms in total. The SMILES string of the molecule is O=C(NC1COCC1C(=O)O)c1ccc2cn[nH]c2c1. The molecule has 7 heteroatoms. The van der Waals surface area contributed by atoms with E-state index >= 15 is 0 Å². The number of H-pyrrole nitrogens is 1. The summed E-state index contributed by atoms with van der Waals surface area (Å²) in [6.45, 7) is 0.342. The van der Waals surface area contributed by atoms with Crippen molar-refractivity contribution in [1.29, 1.82) is 0 Å². The van der Waals surface area contributed by atoms with Crippen LogP contribution in [0.1, 0.15) is 10.4 Å². The zero-order valence-electron chi connectivity index (χ0n) is 10.5. The summed E-state index contributed by atoms with van der Waals surface area (Å²) in [6.07, 6.45) is 1.67. The van der Waals surface area contributed by atoms with Gasteiger partial charge in [-0.3, -0.25) is 14.7 Å². The van der Waals surface area contributed by atoms with E-state index in [1.54, 1.807) is 24.4 Å². The minimum atomic E-state index is -0.961. The monoisotopic (exact) mass is 275 g/mol. The number of carboxylic acids is 1. The Morgan fingerprint density at radius 3 is 3.05 bits per heavy atom. The molecular weight excluding hydrogens is 262 g/mol. The Morgan fingerprint density at radius 1 is 1.40 bits per heavy atom. The lowest BCUT2D eigenvalue weighted by Gasteiger charge is -2.15. The van der Waals surface area contributed by atoms with E-state index in [0.29, 0.717) is 5.56 Å². The molecule has 0 radical (unpaired) electrons. The average Bonchev–Trinajstić information content (AvgIpc) is 3.05. The molecule has 0 saturated carbocycles. The van der Waals surface area contributed by atoms with Crippen molar-refractivity contribution in [3.63, 3.8) is 0 Å². The van der Waals surface area contributed by atoms with Crippen molar-refractivity contribution in [1.82, 2.24) is 15.5 Å². The van der Waals surface area contributed by atoms with Gasteiger partial charge in [-0.25, -0.2) is 0 Å². The van der Waals surface area contributed by atoms with Crippen LogP contribution in [0.25, 0.3) is 10.9 Å². The second-order valence-electron chi connectivity index (χ2n) is 4.73. The third-order valence-corrected chi connectivity index (χ3v) is 3.42. The summed E-state index contributed by atoms with van der Waals surface area (Å²) in [7, 11) is 0. The molecular formula is C13H13N3O4. The Labute approximate surface area is 113 Å². The van der Waals surface area contributed by atoms with Crippen LogP contribution in [-0.4, -0.2) is 46.4 Å². The maximum atomic E-state index is 12.1. The van der Waals surface area contributed by atoms with Crippen molar-refractivity contribution < 1.29 is 19.4 Å². The van der Waals surface area contributed by atoms with E-state index in [1.165, 1.54) is 0 Å². The Hall–Kier alpha value is -2.41. The first-order valence-electron chi connectivity index (χ1n) is 6.19. The zero-order chi connectivity index (χ0) is 14.1. The molecule has 0 bridgehead atoms. The highest BCUT2D eigenvalue weighted by molar-refractivity contribution is 5.98. The third-order valence-electron chi connectivity index (χ3n) is 3.42. The van der Waals surface area contributed by atoms with Gasteiger partial charge in [-0.15, -0.1) is 0 Å². The molecule has 2 atom stereocenters. The molecule has 1 aromatic heterocycles. The lowest BCUT2D eigenvalue weighted by Crippen LogP contribution is -2.42. The Kier molecular flexibility index (Phi) is 3.11. The second-order valence-corrected chi connectivity index (χ2v) is 4.73. The molecule has 1 amide bonds. The minimum Gasteiger partial charge on any atom is -0.481 e. The molecule has 2 aromatic rings. The summed E-state index contributed by atoms with van der Waals surface area (Å²) < 4.78 is 5.11. The first-order valence-corrected chi connectivity index (χ1v) is 6.19. The summed E-state index contributed by atoms with van der Waals surface area (Å²) >= 11 is 0. The van der Waals surface area contributed by atoms with Crippen molar-refractivity contribution in [2.24, 2.45) is 5.92 Å². The van der Waals surface area contributed by atoms with Gasteiger partial charge in [0.15, 0.2) is 0 Å². The number of nitrogens with zero attached hydrogens (tertiary/aromatic N) is 1. The number of aliphatic carboxylic acids is 1. The summed E-state index contributed by atoms with van der Waals surface area (Å²) in [5.41, 5.74) is 1.22. The van der Waals surface area contributed by atoms with E-state index in [4.69, 9.17) is 9.84 Å². The molecule has 0 spiro atoms. The highest BCUT2D eigenvalue weighted by atomic mass is 16.5. The molecule has 104 valence electrons. The van der Waals surface area contributed by atoms with Crippen molar-refractivity contribution in [2.75, 3.05) is 13.2 Å². The molecule has 3 rings (SSSR count). The maximum Gasteiger partial charge on any atom is 0.311 e. The van der Waals surface area contributed by atoms with Gasteiger partial charge < -0.3 is 15.2 Å². The molecule has 1 aliphatic rings. The van der Waals surface area contributed by atoms with Crippen LogP contribution in [-0.2, 0) is 9.53 Å². The zero-order valence-corrected chi connectivity index (χ0v) is 10.5. The number of carbonyl (C=O) groups excluding carboxylic acids is 1. The number of carbonyl (C=O) groups is 2. The number of aromatic amines is 1. The lowest BCUT2D eigenvalue weighted by molar-refractivity contribution is -0.142. The molecule has 1 fully saturated rings. The summed E-state index contributed by atoms with van der Waals surface area (Å²) in [4.78, 5) is 23.2. The summed E-state index contributed by atoms with van der Waals surface area (Å²) in [5.74, 6) is -1.98. The Bertz CT molecular complexity index is 666. The number of aromatic nitrogens is 2. The Morgan fingerprint density at radius 2 is 2.25 bits per heavy atom. The van der Waals surface area contributed by atoms with Crippen LogP contribution in [0.15, 0.2) is 24.4 Å². The predicted molar refractivity (Wildman–Crippen MR) is 69.3 cm³/mol. The van der Waals surface area contributed by atoms with Crippen molar-refractivity contribution in [3.05, 3.63) is 30.0 Å². The molecule has 1 aliphatic heterocycles. The van der Waals surface area contributed by atoms with Gasteiger partial charge in [0.2, 0.25) is 0 Å². The van der Waals surface area contributed by atoms with Gasteiger partial charge in [-0.1, -0.05) is 6.07 Å². The largest absolute Gasteiger partial charge is 0.481 e. The molecule has 0 aliphatic carbocycles. The summed E-state index contributed by atoms with van der Waals surface area (Å²) in [5, 5.41) is 19.3. The van der Waals surface area contributed by atoms with E-state index in [2.05, 4.69) is 15.5 Å². The number of nitrogens with one attached hydrogen (secondary N) is 2. The number of hydrogen-bond acceptors (Lipinski definition) is 4. The fourth-order valence-corrected chi connectivity index (χ4v) is 2.27. The normalized spacial score (nSPS) is 22.0. The molecule has 1 aromatic carbocycles. The van der Waals surface area contributed by atoms with Crippen LogP contribution in [0.3, 0.4) is 0 Å². The van der Waals surface area contributed by atoms with E-state index in [9.17, 15) is 9.59 Å². The van der Waals surface area contributed by atoms with Crippen molar-refractivity contribution >= 4 is 22.8 Å². The van der Waals surface area contributed by atoms with Crippen LogP contribution in [0.4, 0.5) is 0 Å². The van der Waals surface area contributed by atoms with Gasteiger partial charge in [0.05, 0.1) is 31.0 Å². The van der Waals surface area contributed by atoms with Crippen LogP contribution in [0.2, 0.25) is 0 Å². The molecule has 3 N–H and O–H groups in total. The highest BCUT2D eigenvalue weighted by Crippen LogP contribution is 2.16. The smallest absolute Gasteiger partial charge is 0.311 e.